The molecule has 0 rings (SSSR count). The highest BCUT2D eigenvalue weighted by molar-refractivity contribution is 7.13. The van der Waals surface area contributed by atoms with Crippen molar-refractivity contribution in [2.45, 2.75) is 18.9 Å². The molecule has 0 aliphatic carbocycles. The van der Waals surface area contributed by atoms with E-state index in [4.69, 9.17) is 17.3 Å². The second-order valence-corrected chi connectivity index (χ2v) is 2.92. The van der Waals surface area contributed by atoms with Crippen LogP contribution in [0.2, 0.25) is 0 Å². The SMILES string of the molecule is NC(=O)CCC(NP)C(=O)CCl. The third-order valence-electron chi connectivity index (χ3n) is 1.40. The molecule has 2 atom stereocenters. The second kappa shape index (κ2) is 6.35. The molecular formula is C6H12ClN2O2P. The lowest BCUT2D eigenvalue weighted by atomic mass is 10.1. The minimum atomic E-state index is -0.414. The van der Waals surface area contributed by atoms with Gasteiger partial charge in [0.2, 0.25) is 5.91 Å². The molecule has 0 saturated heterocycles. The Labute approximate surface area is 78.5 Å². The van der Waals surface area contributed by atoms with Gasteiger partial charge in [0, 0.05) is 6.42 Å². The van der Waals surface area contributed by atoms with Crippen molar-refractivity contribution in [1.82, 2.24) is 5.09 Å². The van der Waals surface area contributed by atoms with Gasteiger partial charge in [0.15, 0.2) is 5.78 Å². The molecular weight excluding hydrogens is 199 g/mol. The number of carbonyl (C=O) groups is 2. The van der Waals surface area contributed by atoms with Crippen molar-refractivity contribution in [3.63, 3.8) is 0 Å². The average Bonchev–Trinajstić information content (AvgIpc) is 2.04. The van der Waals surface area contributed by atoms with Crippen LogP contribution < -0.4 is 10.8 Å². The summed E-state index contributed by atoms with van der Waals surface area (Å²) in [4.78, 5) is 21.4. The molecule has 0 aliphatic rings. The van der Waals surface area contributed by atoms with Crippen molar-refractivity contribution in [3.8, 4) is 0 Å². The Kier molecular flexibility index (Phi) is 6.25. The molecule has 0 saturated carbocycles. The molecule has 70 valence electrons. The summed E-state index contributed by atoms with van der Waals surface area (Å²) in [5.41, 5.74) is 4.92. The molecule has 0 fully saturated rings. The van der Waals surface area contributed by atoms with Crippen molar-refractivity contribution in [2.24, 2.45) is 5.73 Å². The average molecular weight is 211 g/mol. The summed E-state index contributed by atoms with van der Waals surface area (Å²) in [6, 6.07) is -0.389. The molecule has 0 bridgehead atoms. The van der Waals surface area contributed by atoms with Gasteiger partial charge in [-0.3, -0.25) is 14.7 Å². The molecule has 0 heterocycles. The van der Waals surface area contributed by atoms with E-state index in [0.717, 1.165) is 0 Å². The van der Waals surface area contributed by atoms with Crippen molar-refractivity contribution in [1.29, 1.82) is 0 Å². The topological polar surface area (TPSA) is 72.2 Å². The quantitative estimate of drug-likeness (QED) is 0.472. The van der Waals surface area contributed by atoms with Crippen LogP contribution in [0.5, 0.6) is 0 Å². The lowest BCUT2D eigenvalue weighted by molar-refractivity contribution is -0.119. The molecule has 0 radical (unpaired) electrons. The Morgan fingerprint density at radius 3 is 2.50 bits per heavy atom. The van der Waals surface area contributed by atoms with Gasteiger partial charge in [-0.2, -0.15) is 0 Å². The molecule has 0 aliphatic heterocycles. The number of primary amides is 1. The molecule has 2 unspecified atom stereocenters. The van der Waals surface area contributed by atoms with E-state index in [1.165, 1.54) is 0 Å². The molecule has 1 amide bonds. The van der Waals surface area contributed by atoms with E-state index < -0.39 is 5.91 Å². The van der Waals surface area contributed by atoms with Crippen LogP contribution in [-0.2, 0) is 9.59 Å². The maximum absolute atomic E-state index is 11.0. The number of Topliss-reactive ketones (excluding diaryl/α,β-unsaturated/α-hetero) is 1. The predicted octanol–water partition coefficient (Wildman–Crippen LogP) is -0.192. The molecule has 0 aromatic carbocycles. The van der Waals surface area contributed by atoms with Gasteiger partial charge in [-0.05, 0) is 6.42 Å². The normalized spacial score (nSPS) is 12.5. The smallest absolute Gasteiger partial charge is 0.217 e. The second-order valence-electron chi connectivity index (χ2n) is 2.32. The summed E-state index contributed by atoms with van der Waals surface area (Å²) in [6.45, 7) is 0. The van der Waals surface area contributed by atoms with Crippen LogP contribution >= 0.6 is 21.0 Å². The van der Waals surface area contributed by atoms with Crippen molar-refractivity contribution in [3.05, 3.63) is 0 Å². The highest BCUT2D eigenvalue weighted by Crippen LogP contribution is 2.01. The minimum Gasteiger partial charge on any atom is -0.370 e. The fraction of sp³-hybridized carbons (Fsp3) is 0.667. The number of nitrogens with two attached hydrogens (primary N) is 1. The first-order chi connectivity index (χ1) is 5.61. The molecule has 4 nitrogen and oxygen atoms in total. The number of alkyl halides is 1. The number of rotatable bonds is 6. The van der Waals surface area contributed by atoms with Gasteiger partial charge < -0.3 is 5.73 Å². The van der Waals surface area contributed by atoms with Gasteiger partial charge in [0.05, 0.1) is 11.9 Å². The van der Waals surface area contributed by atoms with E-state index in [1.54, 1.807) is 0 Å². The third kappa shape index (κ3) is 4.65. The van der Waals surface area contributed by atoms with E-state index in [-0.39, 0.29) is 24.1 Å². The first kappa shape index (κ1) is 11.8. The van der Waals surface area contributed by atoms with E-state index >= 15 is 0 Å². The molecule has 6 heteroatoms. The maximum Gasteiger partial charge on any atom is 0.217 e. The highest BCUT2D eigenvalue weighted by atomic mass is 35.5. The van der Waals surface area contributed by atoms with Gasteiger partial charge in [-0.1, -0.05) is 9.39 Å². The zero-order chi connectivity index (χ0) is 9.56. The fourth-order valence-electron chi connectivity index (χ4n) is 0.717. The number of amides is 1. The highest BCUT2D eigenvalue weighted by Gasteiger charge is 2.15. The summed E-state index contributed by atoms with van der Waals surface area (Å²) in [7, 11) is 2.22. The molecule has 0 aromatic rings. The summed E-state index contributed by atoms with van der Waals surface area (Å²) in [5, 5.41) is 2.68. The van der Waals surface area contributed by atoms with Crippen LogP contribution in [0.25, 0.3) is 0 Å². The Morgan fingerprint density at radius 1 is 1.58 bits per heavy atom. The lowest BCUT2D eigenvalue weighted by Crippen LogP contribution is -2.32. The molecule has 12 heavy (non-hydrogen) atoms. The van der Waals surface area contributed by atoms with Gasteiger partial charge in [-0.15, -0.1) is 11.6 Å². The minimum absolute atomic E-state index is 0.0508. The standard InChI is InChI=1S/C6H12ClN2O2P/c7-3-5(10)4(9-12)1-2-6(8)11/h4,9H,1-3,12H2,(H2,8,11). The van der Waals surface area contributed by atoms with Crippen molar-refractivity contribution >= 4 is 32.7 Å². The van der Waals surface area contributed by atoms with Crippen LogP contribution in [0.3, 0.4) is 0 Å². The number of nitrogens with one attached hydrogen (secondary N) is 1. The lowest BCUT2D eigenvalue weighted by Gasteiger charge is -2.11. The Morgan fingerprint density at radius 2 is 2.17 bits per heavy atom. The number of ketones is 1. The van der Waals surface area contributed by atoms with Gasteiger partial charge in [0.25, 0.3) is 0 Å². The van der Waals surface area contributed by atoms with E-state index in [0.29, 0.717) is 6.42 Å². The summed E-state index contributed by atoms with van der Waals surface area (Å²) in [6.07, 6.45) is 0.582. The largest absolute Gasteiger partial charge is 0.370 e. The van der Waals surface area contributed by atoms with Crippen LogP contribution in [0.15, 0.2) is 0 Å². The first-order valence-electron chi connectivity index (χ1n) is 3.45. The van der Waals surface area contributed by atoms with Crippen molar-refractivity contribution < 1.29 is 9.59 Å². The number of halogens is 1. The van der Waals surface area contributed by atoms with Crippen LogP contribution in [0.1, 0.15) is 12.8 Å². The van der Waals surface area contributed by atoms with E-state index in [9.17, 15) is 9.59 Å². The van der Waals surface area contributed by atoms with Crippen LogP contribution in [0.4, 0.5) is 0 Å². The first-order valence-corrected chi connectivity index (χ1v) is 4.56. The van der Waals surface area contributed by atoms with Crippen LogP contribution in [-0.4, -0.2) is 23.6 Å². The fourth-order valence-corrected chi connectivity index (χ4v) is 1.26. The number of hydrogen-bond donors (Lipinski definition) is 2. The van der Waals surface area contributed by atoms with Crippen LogP contribution in [0, 0.1) is 0 Å². The molecule has 0 spiro atoms. The zero-order valence-corrected chi connectivity index (χ0v) is 8.46. The van der Waals surface area contributed by atoms with Gasteiger partial charge in [-0.25, -0.2) is 0 Å². The van der Waals surface area contributed by atoms with Crippen molar-refractivity contribution in [2.75, 3.05) is 5.88 Å². The third-order valence-corrected chi connectivity index (χ3v) is 2.07. The Hall–Kier alpha value is -0.180. The summed E-state index contributed by atoms with van der Waals surface area (Å²) >= 11 is 5.33. The zero-order valence-electron chi connectivity index (χ0n) is 6.55. The summed E-state index contributed by atoms with van der Waals surface area (Å²) < 4.78 is 0. The monoisotopic (exact) mass is 210 g/mol. The number of carbonyl (C=O) groups excluding carboxylic acids is 2. The Bertz CT molecular complexity index is 177. The van der Waals surface area contributed by atoms with Gasteiger partial charge >= 0.3 is 0 Å². The van der Waals surface area contributed by atoms with E-state index in [1.807, 2.05) is 0 Å². The van der Waals surface area contributed by atoms with E-state index in [2.05, 4.69) is 14.5 Å². The molecule has 0 aromatic heterocycles. The predicted molar refractivity (Wildman–Crippen MR) is 50.8 cm³/mol. The molecule has 3 N–H and O–H groups in total. The number of hydrogen-bond acceptors (Lipinski definition) is 3. The van der Waals surface area contributed by atoms with Gasteiger partial charge in [0.1, 0.15) is 0 Å². The summed E-state index contributed by atoms with van der Waals surface area (Å²) in [5.74, 6) is -0.597. The maximum atomic E-state index is 11.0. The Balaban J connectivity index is 3.83.